The van der Waals surface area contributed by atoms with Gasteiger partial charge in [0.2, 0.25) is 0 Å². The fourth-order valence-electron chi connectivity index (χ4n) is 2.05. The van der Waals surface area contributed by atoms with E-state index in [9.17, 15) is 9.59 Å². The number of esters is 1. The van der Waals surface area contributed by atoms with Crippen LogP contribution in [0.25, 0.3) is 0 Å². The van der Waals surface area contributed by atoms with E-state index in [2.05, 4.69) is 10.1 Å². The number of anilines is 1. The molecule has 0 aromatic heterocycles. The fraction of sp³-hybridized carbons (Fsp3) is 0.222. The largest absolute Gasteiger partial charge is 0.493 e. The average molecular weight is 361 g/mol. The van der Waals surface area contributed by atoms with E-state index < -0.39 is 5.97 Å². The molecule has 0 radical (unpaired) electrons. The first-order chi connectivity index (χ1) is 12.1. The van der Waals surface area contributed by atoms with Crippen LogP contribution in [0.2, 0.25) is 0 Å². The van der Waals surface area contributed by atoms with Gasteiger partial charge in [0.1, 0.15) is 0 Å². The molecule has 0 bridgehead atoms. The summed E-state index contributed by atoms with van der Waals surface area (Å²) in [6, 6.07) is 12.1. The maximum Gasteiger partial charge on any atom is 0.337 e. The van der Waals surface area contributed by atoms with E-state index in [0.717, 1.165) is 4.90 Å². The molecule has 0 fully saturated rings. The molecule has 1 N–H and O–H groups in total. The minimum absolute atomic E-state index is 0.182. The number of benzene rings is 2. The Morgan fingerprint density at radius 1 is 1.04 bits per heavy atom. The van der Waals surface area contributed by atoms with Gasteiger partial charge in [0.15, 0.2) is 18.1 Å². The lowest BCUT2D eigenvalue weighted by atomic mass is 10.2. The third kappa shape index (κ3) is 5.15. The Hall–Kier alpha value is -2.67. The smallest absolute Gasteiger partial charge is 0.337 e. The van der Waals surface area contributed by atoms with Crippen molar-refractivity contribution in [3.63, 3.8) is 0 Å². The molecule has 0 atom stereocenters. The number of methoxy groups -OCH3 is 2. The molecule has 25 heavy (non-hydrogen) atoms. The lowest BCUT2D eigenvalue weighted by Crippen LogP contribution is -2.20. The van der Waals surface area contributed by atoms with Crippen LogP contribution in [0.5, 0.6) is 11.5 Å². The second kappa shape index (κ2) is 8.98. The third-order valence-corrected chi connectivity index (χ3v) is 4.06. The van der Waals surface area contributed by atoms with Crippen molar-refractivity contribution in [3.8, 4) is 11.5 Å². The average Bonchev–Trinajstić information content (AvgIpc) is 2.66. The first kappa shape index (κ1) is 18.7. The Kier molecular flexibility index (Phi) is 6.71. The van der Waals surface area contributed by atoms with Gasteiger partial charge in [-0.15, -0.1) is 11.8 Å². The number of thioether (sulfide) groups is 1. The molecule has 0 aliphatic rings. The van der Waals surface area contributed by atoms with Gasteiger partial charge < -0.3 is 19.5 Å². The summed E-state index contributed by atoms with van der Waals surface area (Å²) in [5, 5.41) is 2.75. The summed E-state index contributed by atoms with van der Waals surface area (Å²) >= 11 is 1.63. The molecule has 0 saturated heterocycles. The molecule has 0 aliphatic carbocycles. The molecular weight excluding hydrogens is 342 g/mol. The van der Waals surface area contributed by atoms with Gasteiger partial charge in [-0.1, -0.05) is 0 Å². The van der Waals surface area contributed by atoms with Gasteiger partial charge in [-0.3, -0.25) is 4.79 Å². The van der Waals surface area contributed by atoms with Crippen molar-refractivity contribution in [1.82, 2.24) is 0 Å². The van der Waals surface area contributed by atoms with E-state index in [1.807, 2.05) is 30.5 Å². The molecule has 0 aliphatic heterocycles. The monoisotopic (exact) mass is 361 g/mol. The molecule has 2 rings (SSSR count). The van der Waals surface area contributed by atoms with Crippen LogP contribution >= 0.6 is 11.8 Å². The number of rotatable bonds is 7. The van der Waals surface area contributed by atoms with Gasteiger partial charge in [0.25, 0.3) is 5.91 Å². The van der Waals surface area contributed by atoms with Gasteiger partial charge in [-0.05, 0) is 48.7 Å². The quantitative estimate of drug-likeness (QED) is 0.603. The number of ether oxygens (including phenoxy) is 3. The highest BCUT2D eigenvalue weighted by Crippen LogP contribution is 2.28. The summed E-state index contributed by atoms with van der Waals surface area (Å²) in [5.41, 5.74) is 1.03. The van der Waals surface area contributed by atoms with Gasteiger partial charge in [-0.2, -0.15) is 0 Å². The zero-order chi connectivity index (χ0) is 18.2. The van der Waals surface area contributed by atoms with E-state index in [4.69, 9.17) is 9.47 Å². The highest BCUT2D eigenvalue weighted by molar-refractivity contribution is 7.98. The molecular formula is C18H19NO5S. The molecule has 6 nitrogen and oxygen atoms in total. The van der Waals surface area contributed by atoms with Crippen LogP contribution in [0.3, 0.4) is 0 Å². The molecule has 0 heterocycles. The fourth-order valence-corrected chi connectivity index (χ4v) is 2.45. The number of carbonyl (C=O) groups is 2. The second-order valence-electron chi connectivity index (χ2n) is 4.92. The minimum atomic E-state index is -0.476. The van der Waals surface area contributed by atoms with E-state index in [0.29, 0.717) is 22.7 Å². The zero-order valence-corrected chi connectivity index (χ0v) is 15.0. The van der Waals surface area contributed by atoms with Crippen LogP contribution in [0, 0.1) is 0 Å². The maximum atomic E-state index is 12.0. The van der Waals surface area contributed by atoms with Crippen molar-refractivity contribution in [2.24, 2.45) is 0 Å². The maximum absolute atomic E-state index is 12.0. The molecule has 0 saturated carbocycles. The Bertz CT molecular complexity index is 746. The van der Waals surface area contributed by atoms with Crippen molar-refractivity contribution < 1.29 is 23.8 Å². The second-order valence-corrected chi connectivity index (χ2v) is 5.80. The number of hydrogen-bond donors (Lipinski definition) is 1. The highest BCUT2D eigenvalue weighted by atomic mass is 32.2. The van der Waals surface area contributed by atoms with Crippen LogP contribution in [-0.2, 0) is 9.53 Å². The summed E-state index contributed by atoms with van der Waals surface area (Å²) in [5.74, 6) is -0.0599. The number of hydrogen-bond acceptors (Lipinski definition) is 6. The number of carbonyl (C=O) groups excluding carboxylic acids is 2. The molecule has 7 heteroatoms. The normalized spacial score (nSPS) is 10.0. The third-order valence-electron chi connectivity index (χ3n) is 3.32. The lowest BCUT2D eigenvalue weighted by molar-refractivity contribution is -0.118. The molecule has 2 aromatic rings. The topological polar surface area (TPSA) is 73.9 Å². The summed E-state index contributed by atoms with van der Waals surface area (Å²) in [6.07, 6.45) is 1.99. The number of amides is 1. The first-order valence-electron chi connectivity index (χ1n) is 7.40. The SMILES string of the molecule is COC(=O)c1ccc(OCC(=O)Nc2ccc(SC)cc2)c(OC)c1. The van der Waals surface area contributed by atoms with Gasteiger partial charge >= 0.3 is 5.97 Å². The predicted octanol–water partition coefficient (Wildman–Crippen LogP) is 3.22. The van der Waals surface area contributed by atoms with Crippen molar-refractivity contribution in [2.75, 3.05) is 32.4 Å². The zero-order valence-electron chi connectivity index (χ0n) is 14.2. The van der Waals surface area contributed by atoms with Crippen molar-refractivity contribution in [3.05, 3.63) is 48.0 Å². The Balaban J connectivity index is 1.97. The summed E-state index contributed by atoms with van der Waals surface area (Å²) in [4.78, 5) is 24.6. The predicted molar refractivity (Wildman–Crippen MR) is 96.7 cm³/mol. The Labute approximate surface area is 150 Å². The van der Waals surface area contributed by atoms with Crippen LogP contribution in [0.4, 0.5) is 5.69 Å². The van der Waals surface area contributed by atoms with E-state index in [1.165, 1.54) is 20.3 Å². The van der Waals surface area contributed by atoms with Crippen molar-refractivity contribution in [1.29, 1.82) is 0 Å². The number of nitrogens with one attached hydrogen (secondary N) is 1. The van der Waals surface area contributed by atoms with Gasteiger partial charge in [0, 0.05) is 10.6 Å². The Morgan fingerprint density at radius 2 is 1.76 bits per heavy atom. The van der Waals surface area contributed by atoms with E-state index >= 15 is 0 Å². The molecule has 132 valence electrons. The first-order valence-corrected chi connectivity index (χ1v) is 8.63. The summed E-state index contributed by atoms with van der Waals surface area (Å²) in [6.45, 7) is -0.182. The van der Waals surface area contributed by atoms with Crippen molar-refractivity contribution in [2.45, 2.75) is 4.90 Å². The standard InChI is InChI=1S/C18H19NO5S/c1-22-16-10-12(18(21)23-2)4-9-15(16)24-11-17(20)19-13-5-7-14(25-3)8-6-13/h4-10H,11H2,1-3H3,(H,19,20). The molecule has 2 aromatic carbocycles. The van der Waals surface area contributed by atoms with Crippen LogP contribution in [-0.4, -0.2) is 39.0 Å². The van der Waals surface area contributed by atoms with Crippen LogP contribution in [0.1, 0.15) is 10.4 Å². The molecule has 0 unspecified atom stereocenters. The molecule has 0 spiro atoms. The van der Waals surface area contributed by atoms with Crippen LogP contribution in [0.15, 0.2) is 47.4 Å². The molecule has 1 amide bonds. The van der Waals surface area contributed by atoms with Crippen molar-refractivity contribution >= 4 is 29.3 Å². The summed E-state index contributed by atoms with van der Waals surface area (Å²) < 4.78 is 15.3. The lowest BCUT2D eigenvalue weighted by Gasteiger charge is -2.12. The van der Waals surface area contributed by atoms with E-state index in [1.54, 1.807) is 23.9 Å². The van der Waals surface area contributed by atoms with Gasteiger partial charge in [0.05, 0.1) is 19.8 Å². The van der Waals surface area contributed by atoms with Crippen LogP contribution < -0.4 is 14.8 Å². The highest BCUT2D eigenvalue weighted by Gasteiger charge is 2.12. The van der Waals surface area contributed by atoms with Gasteiger partial charge in [-0.25, -0.2) is 4.79 Å². The van der Waals surface area contributed by atoms with E-state index in [-0.39, 0.29) is 12.5 Å². The summed E-state index contributed by atoms with van der Waals surface area (Å²) in [7, 11) is 2.76. The Morgan fingerprint density at radius 3 is 2.36 bits per heavy atom. The minimum Gasteiger partial charge on any atom is -0.493 e.